The van der Waals surface area contributed by atoms with E-state index >= 15 is 0 Å². The molecule has 1 aromatic rings. The van der Waals surface area contributed by atoms with Crippen molar-refractivity contribution in [3.8, 4) is 12.3 Å². The molecule has 0 bridgehead atoms. The predicted molar refractivity (Wildman–Crippen MR) is 87.1 cm³/mol. The fourth-order valence-corrected chi connectivity index (χ4v) is 2.79. The van der Waals surface area contributed by atoms with Gasteiger partial charge in [-0.15, -0.1) is 12.3 Å². The van der Waals surface area contributed by atoms with E-state index in [4.69, 9.17) is 15.9 Å². The number of aromatic nitrogens is 1. The fourth-order valence-electron chi connectivity index (χ4n) is 2.79. The minimum Gasteiger partial charge on any atom is -0.476 e. The molecule has 1 fully saturated rings. The van der Waals surface area contributed by atoms with Gasteiger partial charge in [-0.1, -0.05) is 0 Å². The van der Waals surface area contributed by atoms with Crippen LogP contribution in [-0.2, 0) is 4.79 Å². The van der Waals surface area contributed by atoms with Crippen LogP contribution >= 0.6 is 0 Å². The molecule has 9 nitrogen and oxygen atoms in total. The van der Waals surface area contributed by atoms with Crippen LogP contribution in [0.15, 0.2) is 20.9 Å². The zero-order valence-corrected chi connectivity index (χ0v) is 13.7. The summed E-state index contributed by atoms with van der Waals surface area (Å²) in [6.07, 6.45) is 8.66. The largest absolute Gasteiger partial charge is 0.476 e. The lowest BCUT2D eigenvalue weighted by atomic mass is 10.0. The molecule has 9 heteroatoms. The number of anilines is 1. The smallest absolute Gasteiger partial charge is 0.357 e. The average Bonchev–Trinajstić information content (AvgIpc) is 3.21. The first-order valence-electron chi connectivity index (χ1n) is 8.12. The van der Waals surface area contributed by atoms with Gasteiger partial charge in [0.15, 0.2) is 11.4 Å². The van der Waals surface area contributed by atoms with Crippen molar-refractivity contribution < 1.29 is 19.1 Å². The number of carboxylic acid groups (broad SMARTS) is 1. The highest BCUT2D eigenvalue weighted by Crippen LogP contribution is 2.37. The Morgan fingerprint density at radius 3 is 2.56 bits per heavy atom. The molecule has 0 radical (unpaired) electrons. The lowest BCUT2D eigenvalue weighted by Gasteiger charge is -2.34. The summed E-state index contributed by atoms with van der Waals surface area (Å²) >= 11 is 0. The summed E-state index contributed by atoms with van der Waals surface area (Å²) in [7, 11) is 0. The van der Waals surface area contributed by atoms with E-state index in [1.807, 2.05) is 4.90 Å². The maximum atomic E-state index is 12.3. The molecule has 132 valence electrons. The van der Waals surface area contributed by atoms with Gasteiger partial charge in [-0.2, -0.15) is 15.2 Å². The van der Waals surface area contributed by atoms with E-state index in [0.717, 1.165) is 6.26 Å². The quantitative estimate of drug-likeness (QED) is 0.747. The van der Waals surface area contributed by atoms with E-state index in [9.17, 15) is 9.59 Å². The number of carbonyl (C=O) groups excluding carboxylic acids is 1. The Morgan fingerprint density at radius 1 is 1.28 bits per heavy atom. The molecule has 1 N–H and O–H groups in total. The number of rotatable bonds is 7. The summed E-state index contributed by atoms with van der Waals surface area (Å²) in [4.78, 5) is 30.7. The average molecular weight is 345 g/mol. The van der Waals surface area contributed by atoms with E-state index in [0.29, 0.717) is 51.9 Å². The zero-order valence-electron chi connectivity index (χ0n) is 13.7. The third-order valence-electron chi connectivity index (χ3n) is 4.41. The predicted octanol–water partition coefficient (Wildman–Crippen LogP) is 1.38. The van der Waals surface area contributed by atoms with Crippen LogP contribution in [0.5, 0.6) is 0 Å². The monoisotopic (exact) mass is 345 g/mol. The van der Waals surface area contributed by atoms with Crippen LogP contribution in [0.25, 0.3) is 0 Å². The molecule has 3 rings (SSSR count). The summed E-state index contributed by atoms with van der Waals surface area (Å²) in [6.45, 7) is 2.16. The summed E-state index contributed by atoms with van der Waals surface area (Å²) in [5.74, 6) is 1.51. The number of carboxylic acids is 1. The van der Waals surface area contributed by atoms with Gasteiger partial charge < -0.3 is 19.3 Å². The first-order chi connectivity index (χ1) is 12.0. The summed E-state index contributed by atoms with van der Waals surface area (Å²) in [5.41, 5.74) is -0.558. The Kier molecular flexibility index (Phi) is 4.70. The molecule has 0 aliphatic carbocycles. The molecule has 2 aliphatic heterocycles. The molecule has 25 heavy (non-hydrogen) atoms. The fraction of sp³-hybridized carbons (Fsp3) is 0.562. The number of terminal acetylenes is 1. The van der Waals surface area contributed by atoms with E-state index in [1.54, 1.807) is 4.90 Å². The van der Waals surface area contributed by atoms with Crippen LogP contribution in [0.1, 0.15) is 36.2 Å². The topological polar surface area (TPSA) is 112 Å². The molecular formula is C16H19N5O4. The number of aromatic carboxylic acids is 1. The van der Waals surface area contributed by atoms with Crippen LogP contribution in [0.2, 0.25) is 0 Å². The Hall–Kier alpha value is -2.89. The van der Waals surface area contributed by atoms with Crippen molar-refractivity contribution in [1.29, 1.82) is 0 Å². The third-order valence-corrected chi connectivity index (χ3v) is 4.41. The maximum absolute atomic E-state index is 12.3. The van der Waals surface area contributed by atoms with E-state index in [1.165, 1.54) is 0 Å². The second kappa shape index (κ2) is 6.93. The van der Waals surface area contributed by atoms with Crippen molar-refractivity contribution in [2.45, 2.75) is 31.3 Å². The SMILES string of the molecule is C#CCCC1(CCC(=O)N2CCN(c3nc(C(=O)O)co3)CC2)N=N1. The minimum absolute atomic E-state index is 0.0654. The second-order valence-electron chi connectivity index (χ2n) is 6.07. The number of piperazine rings is 1. The Bertz CT molecular complexity index is 721. The molecule has 0 aromatic carbocycles. The molecule has 0 saturated carbocycles. The third kappa shape index (κ3) is 3.96. The number of hydrogen-bond donors (Lipinski definition) is 1. The molecular weight excluding hydrogens is 326 g/mol. The van der Waals surface area contributed by atoms with Crippen molar-refractivity contribution in [2.75, 3.05) is 31.1 Å². The number of nitrogens with zero attached hydrogens (tertiary/aromatic N) is 5. The van der Waals surface area contributed by atoms with Gasteiger partial charge in [0.25, 0.3) is 6.01 Å². The van der Waals surface area contributed by atoms with Crippen molar-refractivity contribution in [3.05, 3.63) is 12.0 Å². The summed E-state index contributed by atoms with van der Waals surface area (Å²) in [6, 6.07) is 0.272. The molecule has 1 saturated heterocycles. The summed E-state index contributed by atoms with van der Waals surface area (Å²) in [5, 5.41) is 17.0. The lowest BCUT2D eigenvalue weighted by Crippen LogP contribution is -2.49. The van der Waals surface area contributed by atoms with Gasteiger partial charge in [-0.3, -0.25) is 4.79 Å². The molecule has 3 heterocycles. The van der Waals surface area contributed by atoms with Crippen molar-refractivity contribution in [1.82, 2.24) is 9.88 Å². The highest BCUT2D eigenvalue weighted by atomic mass is 16.4. The number of amides is 1. The number of carbonyl (C=O) groups is 2. The zero-order chi connectivity index (χ0) is 17.9. The van der Waals surface area contributed by atoms with Crippen molar-refractivity contribution >= 4 is 17.9 Å². The minimum atomic E-state index is -1.13. The van der Waals surface area contributed by atoms with E-state index in [-0.39, 0.29) is 17.6 Å². The van der Waals surface area contributed by atoms with Gasteiger partial charge in [0.1, 0.15) is 6.26 Å². The van der Waals surface area contributed by atoms with Gasteiger partial charge >= 0.3 is 5.97 Å². The molecule has 0 unspecified atom stereocenters. The second-order valence-corrected chi connectivity index (χ2v) is 6.07. The van der Waals surface area contributed by atoms with Gasteiger partial charge in [-0.05, 0) is 0 Å². The van der Waals surface area contributed by atoms with Crippen LogP contribution in [0, 0.1) is 12.3 Å². The Labute approximate surface area is 144 Å². The van der Waals surface area contributed by atoms with Gasteiger partial charge in [0, 0.05) is 51.9 Å². The van der Waals surface area contributed by atoms with Crippen molar-refractivity contribution in [3.63, 3.8) is 0 Å². The molecule has 0 atom stereocenters. The van der Waals surface area contributed by atoms with Crippen LogP contribution in [0.4, 0.5) is 6.01 Å². The van der Waals surface area contributed by atoms with Crippen LogP contribution < -0.4 is 4.90 Å². The first kappa shape index (κ1) is 17.0. The number of oxazole rings is 1. The van der Waals surface area contributed by atoms with Crippen molar-refractivity contribution in [2.24, 2.45) is 10.2 Å². The highest BCUT2D eigenvalue weighted by molar-refractivity contribution is 5.85. The molecule has 0 spiro atoms. The highest BCUT2D eigenvalue weighted by Gasteiger charge is 2.39. The summed E-state index contributed by atoms with van der Waals surface area (Å²) < 4.78 is 5.19. The molecule has 1 aromatic heterocycles. The van der Waals surface area contributed by atoms with Crippen LogP contribution in [-0.4, -0.2) is 58.7 Å². The van der Waals surface area contributed by atoms with Gasteiger partial charge in [-0.25, -0.2) is 4.79 Å². The van der Waals surface area contributed by atoms with Gasteiger partial charge in [0.05, 0.1) is 0 Å². The maximum Gasteiger partial charge on any atom is 0.357 e. The lowest BCUT2D eigenvalue weighted by molar-refractivity contribution is -0.131. The number of hydrogen-bond acceptors (Lipinski definition) is 7. The Morgan fingerprint density at radius 2 is 2.00 bits per heavy atom. The molecule has 1 amide bonds. The normalized spacial score (nSPS) is 18.0. The first-order valence-corrected chi connectivity index (χ1v) is 8.12. The van der Waals surface area contributed by atoms with Gasteiger partial charge in [0.2, 0.25) is 5.91 Å². The van der Waals surface area contributed by atoms with Crippen LogP contribution in [0.3, 0.4) is 0 Å². The standard InChI is InChI=1S/C16H19N5O4/c1-2-3-5-16(18-19-16)6-4-13(22)20-7-9-21(10-8-20)15-17-12(11-25-15)14(23)24/h1,11H,3-10H2,(H,23,24). The Balaban J connectivity index is 1.44. The van der Waals surface area contributed by atoms with E-state index < -0.39 is 11.6 Å². The van der Waals surface area contributed by atoms with E-state index in [2.05, 4.69) is 21.1 Å². The molecule has 2 aliphatic rings.